The van der Waals surface area contributed by atoms with Crippen LogP contribution in [0.3, 0.4) is 0 Å². The fourth-order valence-electron chi connectivity index (χ4n) is 2.61. The maximum Gasteiger partial charge on any atom is 0.495 e. The summed E-state index contributed by atoms with van der Waals surface area (Å²) in [4.78, 5) is 0. The summed E-state index contributed by atoms with van der Waals surface area (Å²) in [6, 6.07) is 4.48. The molecular formula is C20H22BBrF4O4. The molecule has 2 aromatic rings. The van der Waals surface area contributed by atoms with Gasteiger partial charge in [0.2, 0.25) is 0 Å². The van der Waals surface area contributed by atoms with E-state index in [2.05, 4.69) is 15.9 Å². The van der Waals surface area contributed by atoms with E-state index in [1.165, 1.54) is 0 Å². The van der Waals surface area contributed by atoms with Crippen molar-refractivity contribution in [3.05, 3.63) is 63.1 Å². The summed E-state index contributed by atoms with van der Waals surface area (Å²) in [5, 5.41) is 17.4. The second-order valence-electron chi connectivity index (χ2n) is 7.72. The summed E-state index contributed by atoms with van der Waals surface area (Å²) in [5.41, 5.74) is -1.51. The maximum absolute atomic E-state index is 13.6. The zero-order chi connectivity index (χ0) is 22.9. The van der Waals surface area contributed by atoms with Gasteiger partial charge in [-0.2, -0.15) is 0 Å². The van der Waals surface area contributed by atoms with E-state index in [1.807, 2.05) is 27.7 Å². The van der Waals surface area contributed by atoms with E-state index in [-0.39, 0.29) is 16.6 Å². The second kappa shape index (κ2) is 9.36. The lowest BCUT2D eigenvalue weighted by molar-refractivity contribution is 0.00578. The van der Waals surface area contributed by atoms with Gasteiger partial charge < -0.3 is 19.5 Å². The summed E-state index contributed by atoms with van der Waals surface area (Å²) in [5.74, 6) is -3.07. The molecule has 4 nitrogen and oxygen atoms in total. The van der Waals surface area contributed by atoms with Gasteiger partial charge in [0.05, 0.1) is 24.4 Å². The van der Waals surface area contributed by atoms with Crippen molar-refractivity contribution in [1.82, 2.24) is 0 Å². The topological polar surface area (TPSA) is 58.9 Å². The second-order valence-corrected chi connectivity index (χ2v) is 8.63. The summed E-state index contributed by atoms with van der Waals surface area (Å²) >= 11 is 2.91. The lowest BCUT2D eigenvalue weighted by atomic mass is 9.78. The van der Waals surface area contributed by atoms with E-state index in [4.69, 9.17) is 19.5 Å². The first-order chi connectivity index (χ1) is 13.8. The summed E-state index contributed by atoms with van der Waals surface area (Å²) < 4.78 is 64.4. The predicted molar refractivity (Wildman–Crippen MR) is 108 cm³/mol. The Hall–Kier alpha value is -1.46. The lowest BCUT2D eigenvalue weighted by Crippen LogP contribution is -2.41. The van der Waals surface area contributed by atoms with Crippen LogP contribution in [0.25, 0.3) is 0 Å². The van der Waals surface area contributed by atoms with Crippen molar-refractivity contribution in [2.24, 2.45) is 0 Å². The Bertz CT molecular complexity index is 862. The molecule has 1 fully saturated rings. The molecule has 2 N–H and O–H groups in total. The largest absolute Gasteiger partial charge is 0.495 e. The zero-order valence-corrected chi connectivity index (χ0v) is 18.5. The highest BCUT2D eigenvalue weighted by Gasteiger charge is 2.51. The average molecular weight is 493 g/mol. The van der Waals surface area contributed by atoms with Crippen molar-refractivity contribution in [2.75, 3.05) is 0 Å². The molecule has 0 aliphatic carbocycles. The maximum atomic E-state index is 13.6. The molecule has 164 valence electrons. The molecule has 0 bridgehead atoms. The zero-order valence-electron chi connectivity index (χ0n) is 16.9. The fourth-order valence-corrected chi connectivity index (χ4v) is 3.01. The molecule has 0 aromatic heterocycles. The Morgan fingerprint density at radius 2 is 1.10 bits per heavy atom. The Labute approximate surface area is 181 Å². The third kappa shape index (κ3) is 5.23. The van der Waals surface area contributed by atoms with Crippen molar-refractivity contribution >= 4 is 28.5 Å². The van der Waals surface area contributed by atoms with E-state index in [1.54, 1.807) is 0 Å². The fraction of sp³-hybridized carbons (Fsp3) is 0.400. The van der Waals surface area contributed by atoms with Crippen molar-refractivity contribution in [1.29, 1.82) is 0 Å². The van der Waals surface area contributed by atoms with E-state index in [0.717, 1.165) is 24.3 Å². The summed E-state index contributed by atoms with van der Waals surface area (Å²) in [6.45, 7) is 6.15. The SMILES string of the molecule is CC1(C)OB(c2cc(F)c(CO)c(F)c2)OC1(C)C.OCc1c(F)cc(Br)cc1F. The Morgan fingerprint density at radius 1 is 0.767 bits per heavy atom. The van der Waals surface area contributed by atoms with Crippen molar-refractivity contribution in [3.63, 3.8) is 0 Å². The highest BCUT2D eigenvalue weighted by atomic mass is 79.9. The van der Waals surface area contributed by atoms with E-state index in [0.29, 0.717) is 4.47 Å². The van der Waals surface area contributed by atoms with Crippen LogP contribution in [0.15, 0.2) is 28.7 Å². The predicted octanol–water partition coefficient (Wildman–Crippen LogP) is 3.98. The highest BCUT2D eigenvalue weighted by Crippen LogP contribution is 2.36. The van der Waals surface area contributed by atoms with Crippen LogP contribution in [0.4, 0.5) is 17.6 Å². The van der Waals surface area contributed by atoms with Crippen molar-refractivity contribution in [2.45, 2.75) is 52.1 Å². The van der Waals surface area contributed by atoms with E-state index >= 15 is 0 Å². The minimum Gasteiger partial charge on any atom is -0.399 e. The van der Waals surface area contributed by atoms with Gasteiger partial charge in [0, 0.05) is 15.6 Å². The van der Waals surface area contributed by atoms with Gasteiger partial charge in [0.1, 0.15) is 23.3 Å². The number of benzene rings is 2. The van der Waals surface area contributed by atoms with Gasteiger partial charge in [0.25, 0.3) is 0 Å². The van der Waals surface area contributed by atoms with Gasteiger partial charge in [0.15, 0.2) is 0 Å². The van der Waals surface area contributed by atoms with Crippen LogP contribution in [0.2, 0.25) is 0 Å². The molecule has 1 aliphatic rings. The molecule has 10 heteroatoms. The third-order valence-corrected chi connectivity index (χ3v) is 5.57. The van der Waals surface area contributed by atoms with Crippen LogP contribution in [0.5, 0.6) is 0 Å². The van der Waals surface area contributed by atoms with Gasteiger partial charge in [-0.3, -0.25) is 0 Å². The normalized spacial score (nSPS) is 17.0. The van der Waals surface area contributed by atoms with Crippen LogP contribution in [-0.2, 0) is 22.5 Å². The molecule has 0 radical (unpaired) electrons. The molecule has 0 amide bonds. The molecule has 0 saturated carbocycles. The molecule has 1 heterocycles. The first kappa shape index (κ1) is 24.8. The Morgan fingerprint density at radius 3 is 1.43 bits per heavy atom. The monoisotopic (exact) mass is 492 g/mol. The quantitative estimate of drug-likeness (QED) is 0.502. The highest BCUT2D eigenvalue weighted by molar-refractivity contribution is 9.10. The van der Waals surface area contributed by atoms with E-state index in [9.17, 15) is 17.6 Å². The molecule has 0 spiro atoms. The molecule has 1 aliphatic heterocycles. The molecule has 0 unspecified atom stereocenters. The smallest absolute Gasteiger partial charge is 0.399 e. The van der Waals surface area contributed by atoms with Gasteiger partial charge in [-0.05, 0) is 57.4 Å². The minimum atomic E-state index is -0.818. The molecule has 30 heavy (non-hydrogen) atoms. The number of hydrogen-bond acceptors (Lipinski definition) is 4. The van der Waals surface area contributed by atoms with Gasteiger partial charge >= 0.3 is 7.12 Å². The number of aliphatic hydroxyl groups is 2. The van der Waals surface area contributed by atoms with Crippen LogP contribution < -0.4 is 5.46 Å². The van der Waals surface area contributed by atoms with Crippen molar-refractivity contribution in [3.8, 4) is 0 Å². The van der Waals surface area contributed by atoms with Crippen LogP contribution in [-0.4, -0.2) is 28.5 Å². The van der Waals surface area contributed by atoms with Crippen LogP contribution >= 0.6 is 15.9 Å². The summed E-state index contributed by atoms with van der Waals surface area (Å²) in [6.07, 6.45) is 0. The van der Waals surface area contributed by atoms with E-state index < -0.39 is 54.8 Å². The molecule has 3 rings (SSSR count). The molecule has 0 atom stereocenters. The Balaban J connectivity index is 0.000000248. The first-order valence-corrected chi connectivity index (χ1v) is 9.81. The summed E-state index contributed by atoms with van der Waals surface area (Å²) in [7, 11) is -0.818. The Kier molecular flexibility index (Phi) is 7.74. The molecule has 1 saturated heterocycles. The third-order valence-electron chi connectivity index (χ3n) is 5.11. The lowest BCUT2D eigenvalue weighted by Gasteiger charge is -2.32. The van der Waals surface area contributed by atoms with Gasteiger partial charge in [-0.1, -0.05) is 15.9 Å². The van der Waals surface area contributed by atoms with Gasteiger partial charge in [-0.25, -0.2) is 17.6 Å². The minimum absolute atomic E-state index is 0.269. The molecule has 2 aromatic carbocycles. The number of hydrogen-bond donors (Lipinski definition) is 2. The standard InChI is InChI=1S/C13H17BF2O3.C7H5BrF2O/c1-12(2)13(3,4)19-14(18-12)8-5-10(15)9(7-17)11(16)6-8;8-4-1-6(9)5(3-11)7(10)2-4/h5-6,17H,7H2,1-4H3;1-2,11H,3H2. The van der Waals surface area contributed by atoms with Crippen molar-refractivity contribution < 1.29 is 37.1 Å². The number of halogens is 5. The van der Waals surface area contributed by atoms with Crippen LogP contribution in [0.1, 0.15) is 38.8 Å². The van der Waals surface area contributed by atoms with Crippen LogP contribution in [0, 0.1) is 23.3 Å². The van der Waals surface area contributed by atoms with Gasteiger partial charge in [-0.15, -0.1) is 0 Å². The number of aliphatic hydroxyl groups excluding tert-OH is 2. The first-order valence-electron chi connectivity index (χ1n) is 9.01. The average Bonchev–Trinajstić information content (AvgIpc) is 2.82. The number of rotatable bonds is 3. The molecular weight excluding hydrogens is 471 g/mol.